The molecule has 0 bridgehead atoms. The number of hydrogen-bond acceptors (Lipinski definition) is 7. The van der Waals surface area contributed by atoms with Gasteiger partial charge in [-0.1, -0.05) is 85.8 Å². The minimum absolute atomic E-state index is 0.00851. The molecule has 1 N–H and O–H groups in total. The number of amides is 2. The van der Waals surface area contributed by atoms with Crippen molar-refractivity contribution in [2.24, 2.45) is 5.92 Å². The lowest BCUT2D eigenvalue weighted by atomic mass is 9.90. The second-order valence-electron chi connectivity index (χ2n) is 12.5. The van der Waals surface area contributed by atoms with Crippen molar-refractivity contribution in [1.29, 1.82) is 0 Å². The minimum Gasteiger partial charge on any atom is -0.392 e. The Labute approximate surface area is 269 Å². The van der Waals surface area contributed by atoms with E-state index in [1.165, 1.54) is 10.5 Å². The van der Waals surface area contributed by atoms with Gasteiger partial charge in [-0.05, 0) is 41.0 Å². The van der Waals surface area contributed by atoms with E-state index >= 15 is 0 Å². The van der Waals surface area contributed by atoms with Crippen LogP contribution in [0.5, 0.6) is 0 Å². The first-order chi connectivity index (χ1) is 22.5. The highest BCUT2D eigenvalue weighted by molar-refractivity contribution is 6.34. The maximum atomic E-state index is 13.1. The first-order valence-corrected chi connectivity index (χ1v) is 16.1. The van der Waals surface area contributed by atoms with Gasteiger partial charge in [0.1, 0.15) is 0 Å². The highest BCUT2D eigenvalue weighted by Crippen LogP contribution is 2.42. The third kappa shape index (κ3) is 6.15. The van der Waals surface area contributed by atoms with Crippen LogP contribution in [0.3, 0.4) is 0 Å². The molecular formula is C38H39N3O5. The molecule has 0 aromatic heterocycles. The summed E-state index contributed by atoms with van der Waals surface area (Å²) in [5, 5.41) is 9.59. The van der Waals surface area contributed by atoms with Gasteiger partial charge in [-0.15, -0.1) is 0 Å². The normalized spacial score (nSPS) is 23.9. The highest BCUT2D eigenvalue weighted by atomic mass is 16.7. The monoisotopic (exact) mass is 617 g/mol. The Balaban J connectivity index is 1.08. The summed E-state index contributed by atoms with van der Waals surface area (Å²) >= 11 is 0. The summed E-state index contributed by atoms with van der Waals surface area (Å²) < 4.78 is 13.3. The maximum Gasteiger partial charge on any atom is 0.266 e. The van der Waals surface area contributed by atoms with Crippen LogP contribution in [0.4, 0.5) is 5.69 Å². The zero-order valence-electron chi connectivity index (χ0n) is 26.0. The van der Waals surface area contributed by atoms with E-state index in [1.54, 1.807) is 36.4 Å². The molecule has 3 heterocycles. The Bertz CT molecular complexity index is 1630. The molecule has 0 aliphatic carbocycles. The minimum atomic E-state index is -0.626. The van der Waals surface area contributed by atoms with Crippen LogP contribution >= 0.6 is 0 Å². The van der Waals surface area contributed by atoms with Crippen molar-refractivity contribution >= 4 is 17.5 Å². The molecule has 2 fully saturated rings. The van der Waals surface area contributed by atoms with Crippen molar-refractivity contribution in [1.82, 2.24) is 9.80 Å². The van der Waals surface area contributed by atoms with Crippen LogP contribution in [0.1, 0.15) is 62.3 Å². The molecule has 0 radical (unpaired) electrons. The van der Waals surface area contributed by atoms with Gasteiger partial charge >= 0.3 is 0 Å². The third-order valence-electron chi connectivity index (χ3n) is 9.49. The zero-order valence-corrected chi connectivity index (χ0v) is 26.0. The summed E-state index contributed by atoms with van der Waals surface area (Å²) in [6, 6.07) is 32.8. The number of aliphatic hydroxyl groups excluding tert-OH is 1. The first-order valence-electron chi connectivity index (χ1n) is 16.1. The molecule has 4 atom stereocenters. The Morgan fingerprint density at radius 2 is 1.26 bits per heavy atom. The van der Waals surface area contributed by atoms with Crippen molar-refractivity contribution in [2.45, 2.75) is 38.6 Å². The molecule has 7 rings (SSSR count). The van der Waals surface area contributed by atoms with E-state index in [1.807, 2.05) is 36.4 Å². The molecule has 2 amide bonds. The van der Waals surface area contributed by atoms with Crippen LogP contribution in [0.25, 0.3) is 0 Å². The molecule has 0 spiro atoms. The van der Waals surface area contributed by atoms with Gasteiger partial charge in [0.25, 0.3) is 11.8 Å². The van der Waals surface area contributed by atoms with Crippen LogP contribution in [0.15, 0.2) is 103 Å². The second kappa shape index (κ2) is 13.3. The number of carbonyl (C=O) groups is 2. The molecule has 2 saturated heterocycles. The highest BCUT2D eigenvalue weighted by Gasteiger charge is 2.40. The average molecular weight is 618 g/mol. The number of imide groups is 1. The fourth-order valence-corrected chi connectivity index (χ4v) is 6.76. The predicted molar refractivity (Wildman–Crippen MR) is 175 cm³/mol. The molecule has 3 aliphatic rings. The van der Waals surface area contributed by atoms with E-state index in [4.69, 9.17) is 9.47 Å². The summed E-state index contributed by atoms with van der Waals surface area (Å²) in [4.78, 5) is 32.3. The van der Waals surface area contributed by atoms with Gasteiger partial charge in [0.2, 0.25) is 0 Å². The molecule has 236 valence electrons. The topological polar surface area (TPSA) is 82.6 Å². The number of piperazine rings is 1. The van der Waals surface area contributed by atoms with Crippen molar-refractivity contribution in [3.63, 3.8) is 0 Å². The first kappa shape index (κ1) is 30.5. The van der Waals surface area contributed by atoms with Crippen molar-refractivity contribution in [3.8, 4) is 0 Å². The second-order valence-corrected chi connectivity index (χ2v) is 12.5. The number of rotatable bonds is 8. The van der Waals surface area contributed by atoms with Crippen molar-refractivity contribution in [2.75, 3.05) is 37.6 Å². The fourth-order valence-electron chi connectivity index (χ4n) is 6.76. The quantitative estimate of drug-likeness (QED) is 0.258. The van der Waals surface area contributed by atoms with Crippen LogP contribution in [0, 0.1) is 5.92 Å². The van der Waals surface area contributed by atoms with Crippen LogP contribution in [-0.4, -0.2) is 65.5 Å². The van der Waals surface area contributed by atoms with Gasteiger partial charge in [-0.2, -0.15) is 0 Å². The van der Waals surface area contributed by atoms with Gasteiger partial charge in [0.15, 0.2) is 6.29 Å². The van der Waals surface area contributed by atoms with Crippen LogP contribution in [-0.2, 0) is 22.6 Å². The molecular weight excluding hydrogens is 578 g/mol. The summed E-state index contributed by atoms with van der Waals surface area (Å²) in [6.45, 7) is 7.87. The van der Waals surface area contributed by atoms with Gasteiger partial charge in [0.05, 0.1) is 35.6 Å². The molecule has 46 heavy (non-hydrogen) atoms. The molecule has 4 aromatic carbocycles. The lowest BCUT2D eigenvalue weighted by Gasteiger charge is -2.44. The Morgan fingerprint density at radius 3 is 1.89 bits per heavy atom. The number of ether oxygens (including phenoxy) is 2. The lowest BCUT2D eigenvalue weighted by molar-refractivity contribution is -0.276. The van der Waals surface area contributed by atoms with Crippen molar-refractivity contribution < 1.29 is 24.2 Å². The smallest absolute Gasteiger partial charge is 0.266 e. The van der Waals surface area contributed by atoms with Gasteiger partial charge in [-0.3, -0.25) is 19.4 Å². The zero-order chi connectivity index (χ0) is 31.6. The SMILES string of the molecule is C[C@H]1[C@@H](CN2CCN(Cc3ccccc3)CC2)O[C@@H](c2ccc(N3C(=O)c4ccccc4C3=O)cc2)O[C@H]1c1ccc(CO)cc1. The van der Waals surface area contributed by atoms with E-state index in [0.717, 1.165) is 56.0 Å². The van der Waals surface area contributed by atoms with E-state index < -0.39 is 6.29 Å². The largest absolute Gasteiger partial charge is 0.392 e. The maximum absolute atomic E-state index is 13.1. The molecule has 4 aromatic rings. The number of anilines is 1. The molecule has 0 saturated carbocycles. The van der Waals surface area contributed by atoms with Crippen LogP contribution in [0.2, 0.25) is 0 Å². The number of hydrogen-bond donors (Lipinski definition) is 1. The number of carbonyl (C=O) groups excluding carboxylic acids is 2. The van der Waals surface area contributed by atoms with Gasteiger partial charge in [0, 0.05) is 50.7 Å². The number of benzene rings is 4. The number of fused-ring (bicyclic) bond motifs is 1. The molecule has 3 aliphatic heterocycles. The fraction of sp³-hybridized carbons (Fsp3) is 0.316. The third-order valence-corrected chi connectivity index (χ3v) is 9.49. The predicted octanol–water partition coefficient (Wildman–Crippen LogP) is 5.59. The Morgan fingerprint density at radius 1 is 0.674 bits per heavy atom. The summed E-state index contributed by atoms with van der Waals surface area (Å²) in [6.07, 6.45) is -0.927. The molecule has 8 nitrogen and oxygen atoms in total. The molecule has 0 unspecified atom stereocenters. The van der Waals surface area contributed by atoms with Gasteiger partial charge < -0.3 is 14.6 Å². The Hall–Kier alpha value is -4.18. The van der Waals surface area contributed by atoms with Gasteiger partial charge in [-0.25, -0.2) is 4.90 Å². The summed E-state index contributed by atoms with van der Waals surface area (Å²) in [5.74, 6) is -0.554. The van der Waals surface area contributed by atoms with Crippen LogP contribution < -0.4 is 4.90 Å². The standard InChI is InChI=1S/C38H39N3O5/c1-26-34(24-40-21-19-39(20-22-40)23-27-7-3-2-4-8-27)45-38(46-35(26)29-13-11-28(25-42)12-14-29)30-15-17-31(18-16-30)41-36(43)32-9-5-6-10-33(32)37(41)44/h2-18,26,34-35,38,42H,19-25H2,1H3/t26-,34+,35+,38+/m0/s1. The number of aliphatic hydroxyl groups is 1. The summed E-state index contributed by atoms with van der Waals surface area (Å²) in [7, 11) is 0. The van der Waals surface area contributed by atoms with E-state index in [-0.39, 0.29) is 36.5 Å². The van der Waals surface area contributed by atoms with E-state index in [2.05, 4.69) is 47.1 Å². The Kier molecular flexibility index (Phi) is 8.80. The van der Waals surface area contributed by atoms with E-state index in [0.29, 0.717) is 16.8 Å². The molecule has 8 heteroatoms. The lowest BCUT2D eigenvalue weighted by Crippen LogP contribution is -2.51. The van der Waals surface area contributed by atoms with Crippen molar-refractivity contribution in [3.05, 3.63) is 137 Å². The average Bonchev–Trinajstić information content (AvgIpc) is 3.36. The number of nitrogens with zero attached hydrogens (tertiary/aromatic N) is 3. The van der Waals surface area contributed by atoms with E-state index in [9.17, 15) is 14.7 Å². The summed E-state index contributed by atoms with van der Waals surface area (Å²) in [5.41, 5.74) is 5.41.